The fraction of sp³-hybridized carbons (Fsp3) is 0.182. The summed E-state index contributed by atoms with van der Waals surface area (Å²) in [5.74, 6) is 7.82. The molecule has 5 nitrogen and oxygen atoms in total. The van der Waals surface area contributed by atoms with Gasteiger partial charge in [0, 0.05) is 23.4 Å². The van der Waals surface area contributed by atoms with Crippen LogP contribution in [0.4, 0.5) is 5.69 Å². The Bertz CT molecular complexity index is 1120. The Balaban J connectivity index is 1.65. The first-order valence-electron chi connectivity index (χ1n) is 8.66. The maximum atomic E-state index is 11.1. The molecule has 0 aliphatic heterocycles. The van der Waals surface area contributed by atoms with Crippen molar-refractivity contribution in [1.29, 1.82) is 0 Å². The van der Waals surface area contributed by atoms with Crippen molar-refractivity contribution >= 4 is 33.1 Å². The lowest BCUT2D eigenvalue weighted by atomic mass is 10.1. The van der Waals surface area contributed by atoms with Gasteiger partial charge in [-0.3, -0.25) is 4.79 Å². The van der Waals surface area contributed by atoms with Gasteiger partial charge in [0.1, 0.15) is 0 Å². The molecule has 0 unspecified atom stereocenters. The average molecular weight is 389 g/mol. The highest BCUT2D eigenvalue weighted by Gasteiger charge is 2.07. The Labute approximate surface area is 167 Å². The van der Waals surface area contributed by atoms with E-state index in [0.717, 1.165) is 37.6 Å². The minimum Gasteiger partial charge on any atom is -0.392 e. The van der Waals surface area contributed by atoms with E-state index in [2.05, 4.69) is 27.5 Å². The second-order valence-corrected chi connectivity index (χ2v) is 7.29. The highest BCUT2D eigenvalue weighted by atomic mass is 32.1. The third kappa shape index (κ3) is 4.89. The minimum absolute atomic E-state index is 0.0591. The van der Waals surface area contributed by atoms with Crippen LogP contribution in [0, 0.1) is 31.1 Å². The molecule has 0 saturated heterocycles. The summed E-state index contributed by atoms with van der Waals surface area (Å²) in [6.07, 6.45) is 5.04. The smallest absolute Gasteiger partial charge is 0.295 e. The van der Waals surface area contributed by atoms with Gasteiger partial charge in [-0.2, -0.15) is 0 Å². The van der Waals surface area contributed by atoms with Crippen LogP contribution < -0.4 is 10.6 Å². The maximum absolute atomic E-state index is 11.1. The number of carbonyl (C=O) groups is 1. The van der Waals surface area contributed by atoms with Gasteiger partial charge < -0.3 is 15.7 Å². The SMILES string of the molecule is C#CC(=O)NCc1cccc(NCC#Cc2cc(CO)c3nc(C)sc3c2)c1. The molecule has 0 spiro atoms. The quantitative estimate of drug-likeness (QED) is 0.587. The predicted molar refractivity (Wildman–Crippen MR) is 113 cm³/mol. The summed E-state index contributed by atoms with van der Waals surface area (Å²) in [5.41, 5.74) is 4.35. The largest absolute Gasteiger partial charge is 0.392 e. The Kier molecular flexibility index (Phi) is 6.29. The second-order valence-electron chi connectivity index (χ2n) is 6.06. The average Bonchev–Trinajstić information content (AvgIpc) is 3.09. The number of aryl methyl sites for hydroxylation is 1. The molecule has 0 fully saturated rings. The van der Waals surface area contributed by atoms with Gasteiger partial charge >= 0.3 is 0 Å². The van der Waals surface area contributed by atoms with E-state index in [4.69, 9.17) is 6.42 Å². The Morgan fingerprint density at radius 3 is 2.96 bits per heavy atom. The molecule has 0 saturated carbocycles. The predicted octanol–water partition coefficient (Wildman–Crippen LogP) is 2.81. The molecule has 3 aromatic rings. The third-order valence-corrected chi connectivity index (χ3v) is 4.89. The van der Waals surface area contributed by atoms with Gasteiger partial charge in [-0.15, -0.1) is 17.8 Å². The summed E-state index contributed by atoms with van der Waals surface area (Å²) in [7, 11) is 0. The molecule has 3 rings (SSSR count). The van der Waals surface area contributed by atoms with Gasteiger partial charge in [0.2, 0.25) is 0 Å². The summed E-state index contributed by atoms with van der Waals surface area (Å²) >= 11 is 1.59. The summed E-state index contributed by atoms with van der Waals surface area (Å²) < 4.78 is 1.03. The van der Waals surface area contributed by atoms with Crippen LogP contribution in [0.2, 0.25) is 0 Å². The molecule has 0 atom stereocenters. The number of thiazole rings is 1. The van der Waals surface area contributed by atoms with Gasteiger partial charge in [0.15, 0.2) is 0 Å². The number of rotatable bonds is 5. The molecule has 140 valence electrons. The van der Waals surface area contributed by atoms with Crippen LogP contribution in [0.15, 0.2) is 36.4 Å². The van der Waals surface area contributed by atoms with Gasteiger partial charge in [0.05, 0.1) is 28.4 Å². The molecule has 6 heteroatoms. The normalized spacial score (nSPS) is 10.0. The third-order valence-electron chi connectivity index (χ3n) is 3.98. The van der Waals surface area contributed by atoms with Crippen LogP contribution in [-0.4, -0.2) is 22.5 Å². The molecule has 1 amide bonds. The number of hydrogen-bond acceptors (Lipinski definition) is 5. The van der Waals surface area contributed by atoms with Crippen LogP contribution in [0.3, 0.4) is 0 Å². The molecule has 0 bridgehead atoms. The summed E-state index contributed by atoms with van der Waals surface area (Å²) in [5, 5.41) is 16.4. The molecule has 28 heavy (non-hydrogen) atoms. The second kappa shape index (κ2) is 9.05. The first-order chi connectivity index (χ1) is 13.6. The lowest BCUT2D eigenvalue weighted by molar-refractivity contribution is -0.115. The fourth-order valence-electron chi connectivity index (χ4n) is 2.72. The number of hydrogen-bond donors (Lipinski definition) is 3. The number of aromatic nitrogens is 1. The number of carbonyl (C=O) groups excluding carboxylic acids is 1. The van der Waals surface area contributed by atoms with E-state index < -0.39 is 5.91 Å². The van der Waals surface area contributed by atoms with E-state index in [1.807, 2.05) is 49.2 Å². The maximum Gasteiger partial charge on any atom is 0.295 e. The van der Waals surface area contributed by atoms with Gasteiger partial charge in [-0.05, 0) is 42.7 Å². The summed E-state index contributed by atoms with van der Waals surface area (Å²) in [6.45, 7) is 2.74. The number of fused-ring (bicyclic) bond motifs is 1. The Morgan fingerprint density at radius 1 is 1.32 bits per heavy atom. The number of aliphatic hydroxyl groups is 1. The lowest BCUT2D eigenvalue weighted by Crippen LogP contribution is -2.20. The van der Waals surface area contributed by atoms with Crippen molar-refractivity contribution in [3.8, 4) is 24.2 Å². The summed E-state index contributed by atoms with van der Waals surface area (Å²) in [4.78, 5) is 15.6. The van der Waals surface area contributed by atoms with Crippen molar-refractivity contribution in [2.75, 3.05) is 11.9 Å². The number of nitrogens with one attached hydrogen (secondary N) is 2. The number of terminal acetylenes is 1. The van der Waals surface area contributed by atoms with E-state index in [1.54, 1.807) is 11.3 Å². The number of benzene rings is 2. The first-order valence-corrected chi connectivity index (χ1v) is 9.47. The molecule has 0 aliphatic rings. The molecule has 1 heterocycles. The first kappa shape index (κ1) is 19.4. The number of anilines is 1. The molecule has 3 N–H and O–H groups in total. The minimum atomic E-state index is -0.431. The monoisotopic (exact) mass is 389 g/mol. The molecule has 0 aliphatic carbocycles. The zero-order valence-corrected chi connectivity index (χ0v) is 16.2. The van der Waals surface area contributed by atoms with Crippen LogP contribution in [0.25, 0.3) is 10.2 Å². The number of nitrogens with zero attached hydrogens (tertiary/aromatic N) is 1. The standard InChI is InChI=1S/C22H19N3O2S/c1-3-21(27)24-13-17-6-4-8-19(11-17)23-9-5-7-16-10-18(14-26)22-20(12-16)28-15(2)25-22/h1,4,6,8,10-12,23,26H,9,13-14H2,2H3,(H,24,27). The van der Waals surface area contributed by atoms with Gasteiger partial charge in [-0.1, -0.05) is 24.0 Å². The highest BCUT2D eigenvalue weighted by Crippen LogP contribution is 2.26. The van der Waals surface area contributed by atoms with Crippen molar-refractivity contribution in [1.82, 2.24) is 10.3 Å². The van der Waals surface area contributed by atoms with E-state index in [1.165, 1.54) is 0 Å². The lowest BCUT2D eigenvalue weighted by Gasteiger charge is -2.06. The Hall–Kier alpha value is -3.32. The van der Waals surface area contributed by atoms with Crippen molar-refractivity contribution < 1.29 is 9.90 Å². The van der Waals surface area contributed by atoms with E-state index >= 15 is 0 Å². The zero-order valence-electron chi connectivity index (χ0n) is 15.4. The highest BCUT2D eigenvalue weighted by molar-refractivity contribution is 7.18. The van der Waals surface area contributed by atoms with Gasteiger partial charge in [0.25, 0.3) is 5.91 Å². The van der Waals surface area contributed by atoms with Crippen molar-refractivity contribution in [3.63, 3.8) is 0 Å². The van der Waals surface area contributed by atoms with E-state index in [-0.39, 0.29) is 6.61 Å². The molecular formula is C22H19N3O2S. The van der Waals surface area contributed by atoms with Crippen LogP contribution in [0.5, 0.6) is 0 Å². The van der Waals surface area contributed by atoms with Crippen LogP contribution in [-0.2, 0) is 17.9 Å². The Morgan fingerprint density at radius 2 is 2.18 bits per heavy atom. The van der Waals surface area contributed by atoms with Crippen molar-refractivity contribution in [2.24, 2.45) is 0 Å². The molecule has 0 radical (unpaired) electrons. The topological polar surface area (TPSA) is 74.2 Å². The van der Waals surface area contributed by atoms with Crippen LogP contribution >= 0.6 is 11.3 Å². The van der Waals surface area contributed by atoms with Crippen LogP contribution in [0.1, 0.15) is 21.7 Å². The fourth-order valence-corrected chi connectivity index (χ4v) is 3.63. The van der Waals surface area contributed by atoms with Gasteiger partial charge in [-0.25, -0.2) is 4.98 Å². The zero-order chi connectivity index (χ0) is 19.9. The van der Waals surface area contributed by atoms with E-state index in [0.29, 0.717) is 13.1 Å². The van der Waals surface area contributed by atoms with E-state index in [9.17, 15) is 9.90 Å². The molecular weight excluding hydrogens is 370 g/mol. The van der Waals surface area contributed by atoms with Crippen molar-refractivity contribution in [3.05, 3.63) is 58.1 Å². The van der Waals surface area contributed by atoms with Crippen molar-refractivity contribution in [2.45, 2.75) is 20.1 Å². The summed E-state index contributed by atoms with van der Waals surface area (Å²) in [6, 6.07) is 11.6. The molecule has 1 aromatic heterocycles. The number of amides is 1. The number of aliphatic hydroxyl groups excluding tert-OH is 1. The molecule has 2 aromatic carbocycles.